The Balaban J connectivity index is 0. The van der Waals surface area contributed by atoms with Crippen LogP contribution in [0.15, 0.2) is 0 Å². The first kappa shape index (κ1) is 14.6. The van der Waals surface area contributed by atoms with Crippen molar-refractivity contribution in [2.24, 2.45) is 0 Å². The van der Waals surface area contributed by atoms with Crippen LogP contribution in [0.2, 0.25) is 0 Å². The lowest BCUT2D eigenvalue weighted by molar-refractivity contribution is -0.140. The van der Waals surface area contributed by atoms with E-state index in [1.54, 1.807) is 6.92 Å². The Kier molecular flexibility index (Phi) is 7.42. The quantitative estimate of drug-likeness (QED) is 0.657. The van der Waals surface area contributed by atoms with Gasteiger partial charge in [0.05, 0.1) is 6.61 Å². The minimum atomic E-state index is -1.14. The van der Waals surface area contributed by atoms with E-state index in [2.05, 4.69) is 4.74 Å². The van der Waals surface area contributed by atoms with E-state index in [4.69, 9.17) is 5.11 Å². The molecule has 0 aromatic heterocycles. The molecule has 13 heavy (non-hydrogen) atoms. The van der Waals surface area contributed by atoms with Crippen LogP contribution in [0.5, 0.6) is 0 Å². The first-order chi connectivity index (χ1) is 5.71. The van der Waals surface area contributed by atoms with Gasteiger partial charge in [0, 0.05) is 6.92 Å². The fraction of sp³-hybridized carbons (Fsp3) is 0.778. The molecule has 0 saturated carbocycles. The van der Waals surface area contributed by atoms with Crippen molar-refractivity contribution in [3.63, 3.8) is 0 Å². The first-order valence-electron chi connectivity index (χ1n) is 4.08. The summed E-state index contributed by atoms with van der Waals surface area (Å²) < 4.78 is 4.40. The van der Waals surface area contributed by atoms with Crippen molar-refractivity contribution >= 4 is 11.8 Å². The molecule has 0 unspecified atom stereocenters. The highest BCUT2D eigenvalue weighted by Crippen LogP contribution is 1.99. The van der Waals surface area contributed by atoms with E-state index in [-0.39, 0.29) is 11.8 Å². The number of esters is 1. The molecule has 0 bridgehead atoms. The van der Waals surface area contributed by atoms with E-state index in [0.29, 0.717) is 6.61 Å². The standard InChI is InChI=1S/C5H10O2.C4H8O2/c1-4(6)5(2,3)7;1-3-6-4(2)5/h7H,1-3H3;3H2,1-2H3. The van der Waals surface area contributed by atoms with Crippen LogP contribution in [0, 0.1) is 0 Å². The van der Waals surface area contributed by atoms with E-state index in [0.717, 1.165) is 0 Å². The smallest absolute Gasteiger partial charge is 0.302 e. The highest BCUT2D eigenvalue weighted by atomic mass is 16.5. The van der Waals surface area contributed by atoms with Crippen molar-refractivity contribution in [1.29, 1.82) is 0 Å². The molecular formula is C9H18O4. The Bertz CT molecular complexity index is 167. The van der Waals surface area contributed by atoms with E-state index in [1.807, 2.05) is 0 Å². The lowest BCUT2D eigenvalue weighted by Crippen LogP contribution is -2.27. The van der Waals surface area contributed by atoms with Crippen LogP contribution in [-0.2, 0) is 14.3 Å². The predicted molar refractivity (Wildman–Crippen MR) is 49.3 cm³/mol. The van der Waals surface area contributed by atoms with Gasteiger partial charge in [0.1, 0.15) is 5.60 Å². The zero-order chi connectivity index (χ0) is 11.1. The van der Waals surface area contributed by atoms with E-state index < -0.39 is 5.60 Å². The highest BCUT2D eigenvalue weighted by Gasteiger charge is 2.17. The predicted octanol–water partition coefficient (Wildman–Crippen LogP) is 0.916. The maximum absolute atomic E-state index is 10.2. The lowest BCUT2D eigenvalue weighted by atomic mass is 10.1. The second-order valence-electron chi connectivity index (χ2n) is 3.04. The Hall–Kier alpha value is -0.900. The van der Waals surface area contributed by atoms with Crippen LogP contribution in [0.3, 0.4) is 0 Å². The summed E-state index contributed by atoms with van der Waals surface area (Å²) in [7, 11) is 0. The molecule has 1 N–H and O–H groups in total. The Morgan fingerprint density at radius 1 is 1.31 bits per heavy atom. The van der Waals surface area contributed by atoms with E-state index >= 15 is 0 Å². The number of rotatable bonds is 2. The molecule has 0 fully saturated rings. The molecule has 0 saturated heterocycles. The molecule has 0 amide bonds. The van der Waals surface area contributed by atoms with Gasteiger partial charge in [-0.3, -0.25) is 9.59 Å². The van der Waals surface area contributed by atoms with Gasteiger partial charge >= 0.3 is 5.97 Å². The normalized spacial score (nSPS) is 9.69. The number of aliphatic hydroxyl groups is 1. The van der Waals surface area contributed by atoms with E-state index in [1.165, 1.54) is 27.7 Å². The van der Waals surface area contributed by atoms with Gasteiger partial charge in [0.2, 0.25) is 0 Å². The summed E-state index contributed by atoms with van der Waals surface area (Å²) in [6.07, 6.45) is 0. The van der Waals surface area contributed by atoms with Crippen LogP contribution in [-0.4, -0.2) is 29.1 Å². The molecule has 4 nitrogen and oxygen atoms in total. The third-order valence-corrected chi connectivity index (χ3v) is 1.21. The second kappa shape index (κ2) is 6.60. The van der Waals surface area contributed by atoms with Gasteiger partial charge in [-0.05, 0) is 27.7 Å². The van der Waals surface area contributed by atoms with Crippen LogP contribution in [0.25, 0.3) is 0 Å². The van der Waals surface area contributed by atoms with E-state index in [9.17, 15) is 9.59 Å². The summed E-state index contributed by atoms with van der Waals surface area (Å²) in [5, 5.41) is 8.75. The Morgan fingerprint density at radius 3 is 1.62 bits per heavy atom. The molecular weight excluding hydrogens is 172 g/mol. The number of hydrogen-bond donors (Lipinski definition) is 1. The molecule has 0 aliphatic carbocycles. The van der Waals surface area contributed by atoms with Gasteiger partial charge in [-0.1, -0.05) is 0 Å². The van der Waals surface area contributed by atoms with Crippen LogP contribution >= 0.6 is 0 Å². The Morgan fingerprint density at radius 2 is 1.62 bits per heavy atom. The average Bonchev–Trinajstić information content (AvgIpc) is 1.85. The molecule has 0 radical (unpaired) electrons. The van der Waals surface area contributed by atoms with Crippen molar-refractivity contribution in [2.45, 2.75) is 40.2 Å². The van der Waals surface area contributed by atoms with Crippen molar-refractivity contribution in [1.82, 2.24) is 0 Å². The molecule has 0 aromatic rings. The number of ether oxygens (including phenoxy) is 1. The molecule has 0 atom stereocenters. The maximum Gasteiger partial charge on any atom is 0.302 e. The lowest BCUT2D eigenvalue weighted by Gasteiger charge is -2.10. The molecule has 0 aromatic carbocycles. The largest absolute Gasteiger partial charge is 0.466 e. The number of carbonyl (C=O) groups excluding carboxylic acids is 2. The fourth-order valence-electron chi connectivity index (χ4n) is 0.203. The van der Waals surface area contributed by atoms with Gasteiger partial charge in [0.25, 0.3) is 0 Å². The topological polar surface area (TPSA) is 63.6 Å². The van der Waals surface area contributed by atoms with Crippen LogP contribution < -0.4 is 0 Å². The molecule has 0 heterocycles. The average molecular weight is 190 g/mol. The van der Waals surface area contributed by atoms with Crippen LogP contribution in [0.4, 0.5) is 0 Å². The minimum Gasteiger partial charge on any atom is -0.466 e. The van der Waals surface area contributed by atoms with Gasteiger partial charge < -0.3 is 9.84 Å². The summed E-state index contributed by atoms with van der Waals surface area (Å²) in [6.45, 7) is 7.95. The molecule has 4 heteroatoms. The third-order valence-electron chi connectivity index (χ3n) is 1.21. The fourth-order valence-corrected chi connectivity index (χ4v) is 0.203. The summed E-state index contributed by atoms with van der Waals surface area (Å²) in [5.41, 5.74) is -1.14. The first-order valence-corrected chi connectivity index (χ1v) is 4.08. The van der Waals surface area contributed by atoms with Gasteiger partial charge in [-0.25, -0.2) is 0 Å². The third kappa shape index (κ3) is 14.0. The molecule has 0 spiro atoms. The summed E-state index contributed by atoms with van der Waals surface area (Å²) in [5.74, 6) is -0.412. The second-order valence-corrected chi connectivity index (χ2v) is 3.04. The zero-order valence-electron chi connectivity index (χ0n) is 8.88. The minimum absolute atomic E-state index is 0.201. The van der Waals surface area contributed by atoms with Crippen molar-refractivity contribution in [3.8, 4) is 0 Å². The number of hydrogen-bond acceptors (Lipinski definition) is 4. The monoisotopic (exact) mass is 190 g/mol. The zero-order valence-corrected chi connectivity index (χ0v) is 8.88. The molecule has 0 aliphatic rings. The van der Waals surface area contributed by atoms with Gasteiger partial charge in [-0.2, -0.15) is 0 Å². The maximum atomic E-state index is 10.2. The summed E-state index contributed by atoms with van der Waals surface area (Å²) >= 11 is 0. The highest BCUT2D eigenvalue weighted by molar-refractivity contribution is 5.83. The summed E-state index contributed by atoms with van der Waals surface area (Å²) in [6, 6.07) is 0. The number of Topliss-reactive ketones (excluding diaryl/α,β-unsaturated/α-hetero) is 1. The summed E-state index contributed by atoms with van der Waals surface area (Å²) in [4.78, 5) is 20.0. The number of ketones is 1. The molecule has 0 rings (SSSR count). The SMILES string of the molecule is CC(=O)C(C)(C)O.CCOC(C)=O. The van der Waals surface area contributed by atoms with Crippen LogP contribution in [0.1, 0.15) is 34.6 Å². The number of carbonyl (C=O) groups is 2. The Labute approximate surface area is 78.9 Å². The van der Waals surface area contributed by atoms with Crippen molar-refractivity contribution in [3.05, 3.63) is 0 Å². The molecule has 0 aliphatic heterocycles. The van der Waals surface area contributed by atoms with Crippen molar-refractivity contribution in [2.75, 3.05) is 6.61 Å². The van der Waals surface area contributed by atoms with Crippen molar-refractivity contribution < 1.29 is 19.4 Å². The van der Waals surface area contributed by atoms with Gasteiger partial charge in [0.15, 0.2) is 5.78 Å². The molecule has 78 valence electrons. The van der Waals surface area contributed by atoms with Gasteiger partial charge in [-0.15, -0.1) is 0 Å².